The van der Waals surface area contributed by atoms with Gasteiger partial charge in [-0.15, -0.1) is 0 Å². The fourth-order valence-corrected chi connectivity index (χ4v) is 4.89. The Morgan fingerprint density at radius 1 is 1.05 bits per heavy atom. The lowest BCUT2D eigenvalue weighted by molar-refractivity contribution is 0.324. The van der Waals surface area contributed by atoms with E-state index in [9.17, 15) is 13.7 Å². The molecule has 202 valence electrons. The van der Waals surface area contributed by atoms with Crippen LogP contribution in [0.2, 0.25) is 0 Å². The van der Waals surface area contributed by atoms with Gasteiger partial charge in [0.25, 0.3) is 0 Å². The van der Waals surface area contributed by atoms with Crippen molar-refractivity contribution >= 4 is 27.6 Å². The van der Waals surface area contributed by atoms with Crippen molar-refractivity contribution in [2.45, 2.75) is 30.3 Å². The molecule has 38 heavy (non-hydrogen) atoms. The summed E-state index contributed by atoms with van der Waals surface area (Å²) in [4.78, 5) is 9.41. The number of methoxy groups -OCH3 is 3. The molecule has 0 unspecified atom stereocenters. The average molecular weight is 558 g/mol. The summed E-state index contributed by atoms with van der Waals surface area (Å²) in [6, 6.07) is 12.1. The number of benzene rings is 2. The van der Waals surface area contributed by atoms with Crippen molar-refractivity contribution in [3.63, 3.8) is 0 Å². The first-order valence-corrected chi connectivity index (χ1v) is 14.2. The van der Waals surface area contributed by atoms with Crippen LogP contribution in [0, 0.1) is 17.2 Å². The molecule has 0 amide bonds. The molecule has 0 aliphatic carbocycles. The molecule has 3 aromatic rings. The number of nitrogens with two attached hydrogens (primary N) is 1. The van der Waals surface area contributed by atoms with Gasteiger partial charge in [0.15, 0.2) is 16.7 Å². The molecular formula is C26H31N5O5S2. The van der Waals surface area contributed by atoms with Crippen LogP contribution in [0.4, 0.5) is 5.82 Å². The normalized spacial score (nSPS) is 11.2. The zero-order valence-electron chi connectivity index (χ0n) is 21.9. The number of thioether (sulfide) groups is 1. The molecule has 0 bridgehead atoms. The first-order valence-electron chi connectivity index (χ1n) is 11.7. The number of anilines is 1. The molecule has 0 aliphatic rings. The number of nitrogens with one attached hydrogen (secondary N) is 1. The highest BCUT2D eigenvalue weighted by molar-refractivity contribution is 7.99. The highest BCUT2D eigenvalue weighted by Crippen LogP contribution is 2.42. The van der Waals surface area contributed by atoms with Gasteiger partial charge in [-0.25, -0.2) is 23.5 Å². The smallest absolute Gasteiger partial charge is 0.238 e. The number of primary sulfonamides is 1. The van der Waals surface area contributed by atoms with E-state index in [4.69, 9.17) is 24.3 Å². The molecule has 2 aromatic carbocycles. The molecule has 0 saturated heterocycles. The Balaban J connectivity index is 1.99. The van der Waals surface area contributed by atoms with Gasteiger partial charge in [-0.2, -0.15) is 5.26 Å². The van der Waals surface area contributed by atoms with Crippen LogP contribution in [0.25, 0.3) is 11.3 Å². The summed E-state index contributed by atoms with van der Waals surface area (Å²) in [5, 5.41) is 19.1. The molecule has 3 N–H and O–H groups in total. The Hall–Kier alpha value is -3.53. The van der Waals surface area contributed by atoms with E-state index in [1.807, 2.05) is 0 Å². The van der Waals surface area contributed by atoms with Crippen LogP contribution in [0.5, 0.6) is 17.2 Å². The van der Waals surface area contributed by atoms with Crippen molar-refractivity contribution in [2.24, 2.45) is 11.1 Å². The van der Waals surface area contributed by atoms with Crippen molar-refractivity contribution in [3.8, 4) is 34.6 Å². The Bertz CT molecular complexity index is 1400. The predicted octanol–water partition coefficient (Wildman–Crippen LogP) is 4.09. The van der Waals surface area contributed by atoms with Crippen molar-refractivity contribution in [3.05, 3.63) is 47.5 Å². The maximum Gasteiger partial charge on any atom is 0.238 e. The average Bonchev–Trinajstić information content (AvgIpc) is 2.90. The third-order valence-corrected chi connectivity index (χ3v) is 7.65. The van der Waals surface area contributed by atoms with Crippen LogP contribution in [0.1, 0.15) is 25.0 Å². The van der Waals surface area contributed by atoms with Gasteiger partial charge in [0.2, 0.25) is 15.8 Å². The zero-order valence-corrected chi connectivity index (χ0v) is 23.6. The van der Waals surface area contributed by atoms with Crippen molar-refractivity contribution in [1.29, 1.82) is 5.26 Å². The van der Waals surface area contributed by atoms with Crippen LogP contribution < -0.4 is 24.7 Å². The van der Waals surface area contributed by atoms with E-state index < -0.39 is 10.0 Å². The van der Waals surface area contributed by atoms with E-state index in [2.05, 4.69) is 30.2 Å². The number of hydrogen-bond acceptors (Lipinski definition) is 10. The third-order valence-electron chi connectivity index (χ3n) is 5.44. The van der Waals surface area contributed by atoms with Crippen molar-refractivity contribution in [1.82, 2.24) is 9.97 Å². The van der Waals surface area contributed by atoms with Gasteiger partial charge in [0, 0.05) is 17.9 Å². The van der Waals surface area contributed by atoms with E-state index in [1.165, 1.54) is 45.2 Å². The molecule has 12 heteroatoms. The molecule has 0 saturated carbocycles. The minimum atomic E-state index is -3.75. The molecular weight excluding hydrogens is 526 g/mol. The number of ether oxygens (including phenoxy) is 3. The van der Waals surface area contributed by atoms with E-state index in [0.717, 1.165) is 11.3 Å². The number of sulfonamides is 1. The lowest BCUT2D eigenvalue weighted by Gasteiger charge is -2.16. The van der Waals surface area contributed by atoms with Gasteiger partial charge in [-0.05, 0) is 42.2 Å². The van der Waals surface area contributed by atoms with Crippen molar-refractivity contribution < 1.29 is 22.6 Å². The summed E-state index contributed by atoms with van der Waals surface area (Å²) in [6.45, 7) is 4.66. The second-order valence-electron chi connectivity index (χ2n) is 8.67. The molecule has 0 fully saturated rings. The van der Waals surface area contributed by atoms with Gasteiger partial charge < -0.3 is 19.5 Å². The van der Waals surface area contributed by atoms with Crippen LogP contribution in [0.3, 0.4) is 0 Å². The number of nitriles is 1. The summed E-state index contributed by atoms with van der Waals surface area (Å²) < 4.78 is 39.4. The first-order chi connectivity index (χ1) is 18.1. The maximum absolute atomic E-state index is 11.5. The monoisotopic (exact) mass is 557 g/mol. The van der Waals surface area contributed by atoms with Gasteiger partial charge >= 0.3 is 0 Å². The van der Waals surface area contributed by atoms with Gasteiger partial charge in [-0.3, -0.25) is 0 Å². The second-order valence-corrected chi connectivity index (χ2v) is 11.2. The summed E-state index contributed by atoms with van der Waals surface area (Å²) in [7, 11) is 0.826. The van der Waals surface area contributed by atoms with E-state index in [1.54, 1.807) is 24.3 Å². The number of nitrogens with zero attached hydrogens (tertiary/aromatic N) is 3. The summed E-state index contributed by atoms with van der Waals surface area (Å²) in [6.07, 6.45) is 0.563. The maximum atomic E-state index is 11.5. The highest BCUT2D eigenvalue weighted by atomic mass is 32.2. The summed E-state index contributed by atoms with van der Waals surface area (Å²) >= 11 is 1.50. The van der Waals surface area contributed by atoms with Crippen LogP contribution in [-0.4, -0.2) is 52.0 Å². The topological polar surface area (TPSA) is 149 Å². The Morgan fingerprint density at radius 2 is 1.68 bits per heavy atom. The van der Waals surface area contributed by atoms with E-state index >= 15 is 0 Å². The molecule has 1 heterocycles. The number of aromatic nitrogens is 2. The first kappa shape index (κ1) is 29.0. The van der Waals surface area contributed by atoms with Gasteiger partial charge in [0.1, 0.15) is 17.5 Å². The fourth-order valence-electron chi connectivity index (χ4n) is 3.58. The standard InChI is InChI=1S/C26H31N5O5S2/c1-16(2)15-37-26-30-23(18-12-21(34-3)24(36-5)22(13-18)35-4)20(14-27)25(31-26)29-11-10-17-6-8-19(9-7-17)38(28,32)33/h6-9,12-13,16H,10-11,15H2,1-5H3,(H2,28,32,33)(H,29,30,31). The van der Waals surface area contributed by atoms with E-state index in [-0.39, 0.29) is 10.5 Å². The number of rotatable bonds is 12. The van der Waals surface area contributed by atoms with Crippen molar-refractivity contribution in [2.75, 3.05) is 38.9 Å². The van der Waals surface area contributed by atoms with Crippen LogP contribution >= 0.6 is 11.8 Å². The molecule has 1 aromatic heterocycles. The minimum absolute atomic E-state index is 0.0542. The Kier molecular flexibility index (Phi) is 9.79. The Morgan fingerprint density at radius 3 is 2.18 bits per heavy atom. The number of hydrogen-bond donors (Lipinski definition) is 2. The lowest BCUT2D eigenvalue weighted by atomic mass is 10.1. The fraction of sp³-hybridized carbons (Fsp3) is 0.346. The molecule has 0 radical (unpaired) electrons. The Labute approximate surface area is 227 Å². The summed E-state index contributed by atoms with van der Waals surface area (Å²) in [5.74, 6) is 2.94. The van der Waals surface area contributed by atoms with Gasteiger partial charge in [-0.1, -0.05) is 37.7 Å². The minimum Gasteiger partial charge on any atom is -0.493 e. The molecule has 3 rings (SSSR count). The largest absolute Gasteiger partial charge is 0.493 e. The van der Waals surface area contributed by atoms with E-state index in [0.29, 0.717) is 58.4 Å². The predicted molar refractivity (Wildman–Crippen MR) is 147 cm³/mol. The molecule has 0 aliphatic heterocycles. The lowest BCUT2D eigenvalue weighted by Crippen LogP contribution is -2.13. The second kappa shape index (κ2) is 12.8. The highest BCUT2D eigenvalue weighted by Gasteiger charge is 2.21. The summed E-state index contributed by atoms with van der Waals surface area (Å²) in [5.41, 5.74) is 2.23. The van der Waals surface area contributed by atoms with Gasteiger partial charge in [0.05, 0.1) is 31.9 Å². The molecule has 10 nitrogen and oxygen atoms in total. The van der Waals surface area contributed by atoms with Crippen LogP contribution in [0.15, 0.2) is 46.5 Å². The third kappa shape index (κ3) is 7.06. The van der Waals surface area contributed by atoms with Crippen LogP contribution in [-0.2, 0) is 16.4 Å². The molecule has 0 atom stereocenters. The molecule has 0 spiro atoms. The SMILES string of the molecule is COc1cc(-c2nc(SCC(C)C)nc(NCCc3ccc(S(N)(=O)=O)cc3)c2C#N)cc(OC)c1OC. The zero-order chi connectivity index (χ0) is 27.9. The quantitative estimate of drug-likeness (QED) is 0.246.